The molecule has 168 valence electrons. The number of hydrogen-bond acceptors (Lipinski definition) is 6. The largest absolute Gasteiger partial charge is 0.389 e. The molecule has 2 aromatic carbocycles. The average Bonchev–Trinajstić information content (AvgIpc) is 2.85. The minimum atomic E-state index is -0.704. The highest BCUT2D eigenvalue weighted by atomic mass is 16.5. The number of aliphatic hydroxyl groups is 1. The first-order chi connectivity index (χ1) is 15.9. The maximum atomic E-state index is 13.0. The van der Waals surface area contributed by atoms with E-state index in [1.54, 1.807) is 60.3 Å². The number of ether oxygens (including phenoxy) is 1. The molecule has 0 bridgehead atoms. The summed E-state index contributed by atoms with van der Waals surface area (Å²) < 4.78 is 6.81. The van der Waals surface area contributed by atoms with Crippen LogP contribution in [0.1, 0.15) is 16.8 Å². The van der Waals surface area contributed by atoms with E-state index in [-0.39, 0.29) is 24.1 Å². The van der Waals surface area contributed by atoms with Gasteiger partial charge in [0.15, 0.2) is 0 Å². The number of carbonyl (C=O) groups is 1. The molecule has 0 radical (unpaired) electrons. The third kappa shape index (κ3) is 3.88. The van der Waals surface area contributed by atoms with E-state index in [2.05, 4.69) is 4.98 Å². The fraction of sp³-hybridized carbons (Fsp3) is 0.280. The molecule has 0 saturated carbocycles. The lowest BCUT2D eigenvalue weighted by atomic mass is 10.0. The van der Waals surface area contributed by atoms with Gasteiger partial charge in [-0.2, -0.15) is 0 Å². The fourth-order valence-electron chi connectivity index (χ4n) is 4.34. The maximum absolute atomic E-state index is 13.0. The zero-order valence-corrected chi connectivity index (χ0v) is 18.4. The number of likely N-dealkylation sites (tertiary alicyclic amines) is 1. The van der Waals surface area contributed by atoms with Gasteiger partial charge in [0, 0.05) is 50.0 Å². The molecular weight excluding hydrogens is 420 g/mol. The van der Waals surface area contributed by atoms with Gasteiger partial charge in [0.2, 0.25) is 0 Å². The zero-order valence-electron chi connectivity index (χ0n) is 18.4. The molecule has 1 aliphatic heterocycles. The Morgan fingerprint density at radius 2 is 2.00 bits per heavy atom. The van der Waals surface area contributed by atoms with E-state index < -0.39 is 6.10 Å². The van der Waals surface area contributed by atoms with E-state index in [1.807, 2.05) is 18.2 Å². The Labute approximate surface area is 190 Å². The van der Waals surface area contributed by atoms with Crippen LogP contribution < -0.4 is 5.56 Å². The van der Waals surface area contributed by atoms with Crippen LogP contribution in [0.25, 0.3) is 33.1 Å². The molecule has 5 rings (SSSR count). The van der Waals surface area contributed by atoms with E-state index in [0.717, 1.165) is 10.9 Å². The van der Waals surface area contributed by atoms with Crippen LogP contribution in [0.3, 0.4) is 0 Å². The van der Waals surface area contributed by atoms with Crippen LogP contribution in [0.4, 0.5) is 0 Å². The Balaban J connectivity index is 1.47. The van der Waals surface area contributed by atoms with Gasteiger partial charge >= 0.3 is 0 Å². The topological polar surface area (TPSA) is 97.6 Å². The quantitative estimate of drug-likeness (QED) is 0.521. The molecule has 2 unspecified atom stereocenters. The number of β-amino-alcohol motifs (C(OH)–C–C–N with tert-alkyl or cyclic N) is 1. The lowest BCUT2D eigenvalue weighted by Crippen LogP contribution is -2.49. The Morgan fingerprint density at radius 3 is 2.79 bits per heavy atom. The second kappa shape index (κ2) is 8.38. The van der Waals surface area contributed by atoms with E-state index in [4.69, 9.17) is 9.72 Å². The number of aryl methyl sites for hydroxylation is 1. The van der Waals surface area contributed by atoms with Gasteiger partial charge in [-0.25, -0.2) is 4.98 Å². The Kier molecular flexibility index (Phi) is 5.39. The monoisotopic (exact) mass is 444 g/mol. The van der Waals surface area contributed by atoms with Gasteiger partial charge in [0.05, 0.1) is 35.1 Å². The minimum Gasteiger partial charge on any atom is -0.389 e. The summed E-state index contributed by atoms with van der Waals surface area (Å²) in [5.41, 5.74) is 3.24. The summed E-state index contributed by atoms with van der Waals surface area (Å²) in [5.74, 6) is -0.153. The molecule has 33 heavy (non-hydrogen) atoms. The summed E-state index contributed by atoms with van der Waals surface area (Å²) in [6.07, 6.45) is 3.07. The summed E-state index contributed by atoms with van der Waals surface area (Å²) in [6, 6.07) is 12.7. The molecule has 8 heteroatoms. The van der Waals surface area contributed by atoms with Crippen LogP contribution in [-0.4, -0.2) is 62.9 Å². The number of aliphatic hydroxyl groups excluding tert-OH is 1. The maximum Gasteiger partial charge on any atom is 0.258 e. The Hall–Kier alpha value is -3.62. The van der Waals surface area contributed by atoms with Crippen LogP contribution in [-0.2, 0) is 11.8 Å². The first-order valence-electron chi connectivity index (χ1n) is 10.8. The lowest BCUT2D eigenvalue weighted by Gasteiger charge is -2.35. The third-order valence-electron chi connectivity index (χ3n) is 6.28. The number of methoxy groups -OCH3 is 1. The summed E-state index contributed by atoms with van der Waals surface area (Å²) in [5, 5.41) is 11.7. The molecule has 1 amide bonds. The van der Waals surface area contributed by atoms with E-state index in [0.29, 0.717) is 40.6 Å². The van der Waals surface area contributed by atoms with Gasteiger partial charge < -0.3 is 19.3 Å². The van der Waals surface area contributed by atoms with Crippen molar-refractivity contribution in [1.29, 1.82) is 0 Å². The van der Waals surface area contributed by atoms with Gasteiger partial charge in [0.1, 0.15) is 0 Å². The first-order valence-corrected chi connectivity index (χ1v) is 10.8. The molecule has 1 fully saturated rings. The van der Waals surface area contributed by atoms with Crippen molar-refractivity contribution in [2.24, 2.45) is 7.05 Å². The second-order valence-electron chi connectivity index (χ2n) is 8.37. The highest BCUT2D eigenvalue weighted by Gasteiger charge is 2.30. The first kappa shape index (κ1) is 21.2. The second-order valence-corrected chi connectivity index (χ2v) is 8.37. The van der Waals surface area contributed by atoms with Crippen LogP contribution in [0, 0.1) is 0 Å². The number of benzene rings is 2. The van der Waals surface area contributed by atoms with Crippen molar-refractivity contribution in [3.63, 3.8) is 0 Å². The van der Waals surface area contributed by atoms with Crippen LogP contribution >= 0.6 is 0 Å². The van der Waals surface area contributed by atoms with Crippen molar-refractivity contribution in [3.8, 4) is 11.3 Å². The normalized spacial score (nSPS) is 18.7. The highest BCUT2D eigenvalue weighted by molar-refractivity contribution is 5.97. The SMILES string of the molecule is COC1CCN(C(=O)c2ccc3ncc(-c4ccc5c(=O)n(C)ccc5c4)nc3c2)CC1O. The van der Waals surface area contributed by atoms with E-state index in [1.165, 1.54) is 0 Å². The molecule has 3 heterocycles. The highest BCUT2D eigenvalue weighted by Crippen LogP contribution is 2.24. The van der Waals surface area contributed by atoms with Crippen LogP contribution in [0.2, 0.25) is 0 Å². The number of aromatic nitrogens is 3. The van der Waals surface area contributed by atoms with E-state index >= 15 is 0 Å². The Bertz CT molecular complexity index is 1430. The molecule has 0 spiro atoms. The molecule has 1 N–H and O–H groups in total. The molecule has 4 aromatic rings. The molecular formula is C25H24N4O4. The summed E-state index contributed by atoms with van der Waals surface area (Å²) in [4.78, 5) is 36.2. The van der Waals surface area contributed by atoms with Crippen LogP contribution in [0.15, 0.2) is 59.7 Å². The predicted octanol–water partition coefficient (Wildman–Crippen LogP) is 2.37. The van der Waals surface area contributed by atoms with Gasteiger partial charge in [-0.3, -0.25) is 14.6 Å². The predicted molar refractivity (Wildman–Crippen MR) is 125 cm³/mol. The average molecular weight is 444 g/mol. The number of pyridine rings is 1. The number of carbonyl (C=O) groups excluding carboxylic acids is 1. The molecule has 1 saturated heterocycles. The zero-order chi connectivity index (χ0) is 23.1. The third-order valence-corrected chi connectivity index (χ3v) is 6.28. The summed E-state index contributed by atoms with van der Waals surface area (Å²) in [7, 11) is 3.30. The van der Waals surface area contributed by atoms with Crippen molar-refractivity contribution in [3.05, 3.63) is 70.8 Å². The fourth-order valence-corrected chi connectivity index (χ4v) is 4.34. The van der Waals surface area contributed by atoms with Crippen LogP contribution in [0.5, 0.6) is 0 Å². The Morgan fingerprint density at radius 1 is 1.15 bits per heavy atom. The van der Waals surface area contributed by atoms with E-state index in [9.17, 15) is 14.7 Å². The standard InChI is InChI=1S/C25H24N4O4/c1-28-9-7-15-11-16(3-5-18(15)25(28)32)21-13-26-19-6-4-17(12-20(19)27-21)24(31)29-10-8-23(33-2)22(30)14-29/h3-7,9,11-13,22-23,30H,8,10,14H2,1-2H3. The number of fused-ring (bicyclic) bond motifs is 2. The van der Waals surface area contributed by atoms with Crippen molar-refractivity contribution >= 4 is 27.7 Å². The molecule has 2 atom stereocenters. The number of amides is 1. The number of piperidine rings is 1. The summed E-state index contributed by atoms with van der Waals surface area (Å²) >= 11 is 0. The molecule has 2 aromatic heterocycles. The van der Waals surface area contributed by atoms with Gasteiger partial charge in [-0.05, 0) is 48.2 Å². The van der Waals surface area contributed by atoms with Crippen molar-refractivity contribution in [2.75, 3.05) is 20.2 Å². The lowest BCUT2D eigenvalue weighted by molar-refractivity contribution is -0.0537. The summed E-state index contributed by atoms with van der Waals surface area (Å²) in [6.45, 7) is 0.756. The van der Waals surface area contributed by atoms with Gasteiger partial charge in [0.25, 0.3) is 11.5 Å². The smallest absolute Gasteiger partial charge is 0.258 e. The van der Waals surface area contributed by atoms with Crippen molar-refractivity contribution < 1.29 is 14.6 Å². The van der Waals surface area contributed by atoms with Gasteiger partial charge in [-0.1, -0.05) is 6.07 Å². The number of nitrogens with zero attached hydrogens (tertiary/aromatic N) is 4. The van der Waals surface area contributed by atoms with Crippen molar-refractivity contribution in [1.82, 2.24) is 19.4 Å². The molecule has 1 aliphatic rings. The minimum absolute atomic E-state index is 0.0496. The number of hydrogen-bond donors (Lipinski definition) is 1. The molecule has 0 aliphatic carbocycles. The van der Waals surface area contributed by atoms with Gasteiger partial charge in [-0.15, -0.1) is 0 Å². The molecule has 8 nitrogen and oxygen atoms in total. The number of rotatable bonds is 3. The van der Waals surface area contributed by atoms with Crippen molar-refractivity contribution in [2.45, 2.75) is 18.6 Å².